The number of halogens is 4. The summed E-state index contributed by atoms with van der Waals surface area (Å²) in [4.78, 5) is 9.74. The quantitative estimate of drug-likeness (QED) is 0.595. The molecular formula is C22H23F4N3O. The number of likely N-dealkylation sites (tertiary alicyclic amines) is 1. The molecule has 0 amide bonds. The van der Waals surface area contributed by atoms with Gasteiger partial charge in [0, 0.05) is 6.61 Å². The molecule has 1 aliphatic rings. The highest BCUT2D eigenvalue weighted by Crippen LogP contribution is 2.39. The Hall–Kier alpha value is -2.45. The van der Waals surface area contributed by atoms with Gasteiger partial charge in [0.25, 0.3) is 0 Å². The molecule has 0 spiro atoms. The molecular weight excluding hydrogens is 398 g/mol. The number of aromatic amines is 1. The van der Waals surface area contributed by atoms with Gasteiger partial charge in [-0.05, 0) is 67.6 Å². The highest BCUT2D eigenvalue weighted by Gasteiger charge is 2.38. The zero-order valence-electron chi connectivity index (χ0n) is 16.3. The van der Waals surface area contributed by atoms with Crippen molar-refractivity contribution in [2.75, 3.05) is 19.7 Å². The van der Waals surface area contributed by atoms with Crippen molar-refractivity contribution in [3.63, 3.8) is 0 Å². The van der Waals surface area contributed by atoms with Gasteiger partial charge in [-0.2, -0.15) is 13.2 Å². The third kappa shape index (κ3) is 4.34. The van der Waals surface area contributed by atoms with Gasteiger partial charge in [-0.3, -0.25) is 4.90 Å². The van der Waals surface area contributed by atoms with Crippen LogP contribution in [0.2, 0.25) is 0 Å². The standard InChI is InChI=1S/C22H23F4N3O/c23-16-5-6-18-19(11-16)28-20(27-18)13-29-9-7-21(14-30,8-10-29)12-15-3-1-2-4-17(15)22(24,25)26/h1-6,11,30H,7-10,12-14H2,(H,27,28). The van der Waals surface area contributed by atoms with Crippen LogP contribution >= 0.6 is 0 Å². The molecule has 4 rings (SSSR count). The first-order valence-corrected chi connectivity index (χ1v) is 9.90. The van der Waals surface area contributed by atoms with Crippen LogP contribution in [-0.2, 0) is 19.1 Å². The second-order valence-electron chi connectivity index (χ2n) is 8.11. The van der Waals surface area contributed by atoms with Crippen molar-refractivity contribution in [2.45, 2.75) is 32.0 Å². The SMILES string of the molecule is OCC1(Cc2ccccc2C(F)(F)F)CCN(Cc2nc3ccc(F)cc3[nH]2)CC1. The summed E-state index contributed by atoms with van der Waals surface area (Å²) < 4.78 is 53.4. The van der Waals surface area contributed by atoms with Gasteiger partial charge in [0.1, 0.15) is 11.6 Å². The van der Waals surface area contributed by atoms with Crippen LogP contribution in [0.3, 0.4) is 0 Å². The average Bonchev–Trinajstić information content (AvgIpc) is 3.10. The number of alkyl halides is 3. The van der Waals surface area contributed by atoms with E-state index in [1.54, 1.807) is 12.1 Å². The summed E-state index contributed by atoms with van der Waals surface area (Å²) in [6.45, 7) is 1.66. The van der Waals surface area contributed by atoms with E-state index in [9.17, 15) is 22.7 Å². The zero-order valence-corrected chi connectivity index (χ0v) is 16.3. The minimum atomic E-state index is -4.41. The lowest BCUT2D eigenvalue weighted by molar-refractivity contribution is -0.138. The molecule has 30 heavy (non-hydrogen) atoms. The summed E-state index contributed by atoms with van der Waals surface area (Å²) in [6.07, 6.45) is -3.04. The molecule has 1 aliphatic heterocycles. The largest absolute Gasteiger partial charge is 0.416 e. The number of benzene rings is 2. The smallest absolute Gasteiger partial charge is 0.396 e. The molecule has 1 aromatic heterocycles. The first kappa shape index (κ1) is 20.8. The lowest BCUT2D eigenvalue weighted by atomic mass is 9.73. The Morgan fingerprint density at radius 3 is 2.53 bits per heavy atom. The number of nitrogens with one attached hydrogen (secondary N) is 1. The number of H-pyrrole nitrogens is 1. The fraction of sp³-hybridized carbons (Fsp3) is 0.409. The van der Waals surface area contributed by atoms with Gasteiger partial charge in [0.2, 0.25) is 0 Å². The number of hydrogen-bond acceptors (Lipinski definition) is 3. The van der Waals surface area contributed by atoms with Crippen LogP contribution in [0.1, 0.15) is 29.8 Å². The summed E-state index contributed by atoms with van der Waals surface area (Å²) >= 11 is 0. The minimum absolute atomic E-state index is 0.156. The van der Waals surface area contributed by atoms with Crippen LogP contribution in [0.5, 0.6) is 0 Å². The van der Waals surface area contributed by atoms with Crippen molar-refractivity contribution >= 4 is 11.0 Å². The lowest BCUT2D eigenvalue weighted by Crippen LogP contribution is -2.43. The van der Waals surface area contributed by atoms with Crippen molar-refractivity contribution in [1.29, 1.82) is 0 Å². The summed E-state index contributed by atoms with van der Waals surface area (Å²) in [5.41, 5.74) is 0.350. The van der Waals surface area contributed by atoms with E-state index in [0.29, 0.717) is 43.5 Å². The molecule has 2 heterocycles. The molecule has 1 saturated heterocycles. The van der Waals surface area contributed by atoms with Crippen molar-refractivity contribution in [3.05, 3.63) is 65.2 Å². The summed E-state index contributed by atoms with van der Waals surface area (Å²) in [5.74, 6) is 0.386. The van der Waals surface area contributed by atoms with E-state index in [0.717, 1.165) is 11.9 Å². The Bertz CT molecular complexity index is 1020. The molecule has 3 aromatic rings. The van der Waals surface area contributed by atoms with Crippen LogP contribution in [0.4, 0.5) is 17.6 Å². The molecule has 2 aromatic carbocycles. The van der Waals surface area contributed by atoms with E-state index in [1.165, 1.54) is 24.3 Å². The average molecular weight is 421 g/mol. The predicted octanol–water partition coefficient (Wildman–Crippen LogP) is 4.54. The van der Waals surface area contributed by atoms with Crippen LogP contribution in [0.25, 0.3) is 11.0 Å². The lowest BCUT2D eigenvalue weighted by Gasteiger charge is -2.41. The van der Waals surface area contributed by atoms with E-state index in [-0.39, 0.29) is 24.4 Å². The van der Waals surface area contributed by atoms with Crippen LogP contribution in [-0.4, -0.2) is 39.7 Å². The molecule has 0 bridgehead atoms. The van der Waals surface area contributed by atoms with Crippen molar-refractivity contribution in [1.82, 2.24) is 14.9 Å². The van der Waals surface area contributed by atoms with Gasteiger partial charge in [0.05, 0.1) is 23.1 Å². The third-order valence-corrected chi connectivity index (χ3v) is 6.01. The number of nitrogens with zero attached hydrogens (tertiary/aromatic N) is 2. The van der Waals surface area contributed by atoms with E-state index >= 15 is 0 Å². The van der Waals surface area contributed by atoms with Gasteiger partial charge < -0.3 is 10.1 Å². The van der Waals surface area contributed by atoms with Gasteiger partial charge in [0.15, 0.2) is 0 Å². The number of aliphatic hydroxyl groups excluding tert-OH is 1. The second kappa shape index (κ2) is 8.00. The molecule has 160 valence electrons. The summed E-state index contributed by atoms with van der Waals surface area (Å²) in [7, 11) is 0. The summed E-state index contributed by atoms with van der Waals surface area (Å²) in [6, 6.07) is 9.98. The highest BCUT2D eigenvalue weighted by atomic mass is 19.4. The predicted molar refractivity (Wildman–Crippen MR) is 105 cm³/mol. The number of hydrogen-bond donors (Lipinski definition) is 2. The fourth-order valence-corrected chi connectivity index (χ4v) is 4.25. The monoisotopic (exact) mass is 421 g/mol. The molecule has 8 heteroatoms. The molecule has 0 aliphatic carbocycles. The first-order chi connectivity index (χ1) is 14.3. The Morgan fingerprint density at radius 1 is 1.10 bits per heavy atom. The van der Waals surface area contributed by atoms with E-state index in [1.807, 2.05) is 0 Å². The Kier molecular flexibility index (Phi) is 5.55. The van der Waals surface area contributed by atoms with Gasteiger partial charge in [-0.25, -0.2) is 9.37 Å². The third-order valence-electron chi connectivity index (χ3n) is 6.01. The molecule has 4 nitrogen and oxygen atoms in total. The molecule has 1 fully saturated rings. The number of imidazole rings is 1. The molecule has 2 N–H and O–H groups in total. The fourth-order valence-electron chi connectivity index (χ4n) is 4.25. The second-order valence-corrected chi connectivity index (χ2v) is 8.11. The molecule has 0 radical (unpaired) electrons. The zero-order chi connectivity index (χ0) is 21.4. The Morgan fingerprint density at radius 2 is 1.83 bits per heavy atom. The number of aromatic nitrogens is 2. The van der Waals surface area contributed by atoms with Gasteiger partial charge in [-0.15, -0.1) is 0 Å². The van der Waals surface area contributed by atoms with E-state index < -0.39 is 17.2 Å². The van der Waals surface area contributed by atoms with Crippen molar-refractivity contribution in [2.24, 2.45) is 5.41 Å². The maximum Gasteiger partial charge on any atom is 0.416 e. The maximum atomic E-state index is 13.4. The van der Waals surface area contributed by atoms with Crippen LogP contribution in [0.15, 0.2) is 42.5 Å². The van der Waals surface area contributed by atoms with Crippen molar-refractivity contribution in [3.8, 4) is 0 Å². The number of piperidine rings is 1. The maximum absolute atomic E-state index is 13.4. The van der Waals surface area contributed by atoms with Crippen molar-refractivity contribution < 1.29 is 22.7 Å². The van der Waals surface area contributed by atoms with Gasteiger partial charge in [-0.1, -0.05) is 18.2 Å². The number of rotatable bonds is 5. The normalized spacial score (nSPS) is 17.5. The van der Waals surface area contributed by atoms with Crippen LogP contribution < -0.4 is 0 Å². The van der Waals surface area contributed by atoms with Crippen LogP contribution in [0, 0.1) is 11.2 Å². The molecule has 0 unspecified atom stereocenters. The minimum Gasteiger partial charge on any atom is -0.396 e. The summed E-state index contributed by atoms with van der Waals surface area (Å²) in [5, 5.41) is 10.0. The Labute approximate surface area is 171 Å². The Balaban J connectivity index is 1.44. The molecule has 0 atom stereocenters. The number of fused-ring (bicyclic) bond motifs is 1. The van der Waals surface area contributed by atoms with E-state index in [2.05, 4.69) is 14.9 Å². The number of aliphatic hydroxyl groups is 1. The topological polar surface area (TPSA) is 52.1 Å². The van der Waals surface area contributed by atoms with E-state index in [4.69, 9.17) is 0 Å². The van der Waals surface area contributed by atoms with Gasteiger partial charge >= 0.3 is 6.18 Å². The highest BCUT2D eigenvalue weighted by molar-refractivity contribution is 5.74. The first-order valence-electron chi connectivity index (χ1n) is 9.90. The molecule has 0 saturated carbocycles.